The molecule has 3 aromatic rings. The Balaban J connectivity index is 1.61. The topological polar surface area (TPSA) is 134 Å². The summed E-state index contributed by atoms with van der Waals surface area (Å²) in [6.07, 6.45) is 6.35. The monoisotopic (exact) mass is 499 g/mol. The molecule has 4 rings (SSSR count). The summed E-state index contributed by atoms with van der Waals surface area (Å²) >= 11 is 6.36. The minimum atomic E-state index is -3.20. The number of hydrogen-bond acceptors (Lipinski definition) is 8. The first-order valence-corrected chi connectivity index (χ1v) is 12.7. The average Bonchev–Trinajstić information content (AvgIpc) is 3.19. The van der Waals surface area contributed by atoms with Crippen molar-refractivity contribution in [3.63, 3.8) is 0 Å². The van der Waals surface area contributed by atoms with Gasteiger partial charge >= 0.3 is 0 Å². The fourth-order valence-electron chi connectivity index (χ4n) is 3.87. The number of halogens is 1. The zero-order valence-electron chi connectivity index (χ0n) is 18.6. The van der Waals surface area contributed by atoms with Crippen LogP contribution in [0.3, 0.4) is 0 Å². The second kappa shape index (κ2) is 9.50. The molecule has 0 atom stereocenters. The molecule has 1 aromatic carbocycles. The molecule has 1 fully saturated rings. The standard InChI is InChI=1S/C22H22ClN7O3S/c1-14-26-19(12-30(14)20-4-3-15(13-31)9-18(20)23)21-16(10-24)11-25-22(28-21)27-17-5-7-29(8-6-17)34(2,32)33/h3-4,9,11-13,17H,5-8H2,1-2H3,(H,25,27,28). The van der Waals surface area contributed by atoms with Crippen LogP contribution >= 0.6 is 11.6 Å². The van der Waals surface area contributed by atoms with Gasteiger partial charge in [-0.15, -0.1) is 0 Å². The lowest BCUT2D eigenvalue weighted by atomic mass is 10.1. The van der Waals surface area contributed by atoms with E-state index in [1.54, 1.807) is 35.9 Å². The molecule has 12 heteroatoms. The minimum absolute atomic E-state index is 0.00761. The van der Waals surface area contributed by atoms with Crippen molar-refractivity contribution < 1.29 is 13.2 Å². The molecule has 0 amide bonds. The molecule has 1 aliphatic heterocycles. The van der Waals surface area contributed by atoms with Gasteiger partial charge in [0.1, 0.15) is 29.6 Å². The van der Waals surface area contributed by atoms with E-state index >= 15 is 0 Å². The number of benzene rings is 1. The number of piperidine rings is 1. The van der Waals surface area contributed by atoms with Gasteiger partial charge in [0.15, 0.2) is 0 Å². The van der Waals surface area contributed by atoms with E-state index in [0.717, 1.165) is 6.29 Å². The predicted molar refractivity (Wildman–Crippen MR) is 128 cm³/mol. The number of sulfonamides is 1. The Morgan fingerprint density at radius 1 is 1.26 bits per heavy atom. The van der Waals surface area contributed by atoms with Gasteiger partial charge in [0.25, 0.3) is 0 Å². The third-order valence-corrected chi connectivity index (χ3v) is 7.26. The molecule has 0 saturated carbocycles. The Labute approximate surface area is 202 Å². The highest BCUT2D eigenvalue weighted by Gasteiger charge is 2.25. The van der Waals surface area contributed by atoms with E-state index in [0.29, 0.717) is 65.4 Å². The number of aromatic nitrogens is 4. The van der Waals surface area contributed by atoms with Crippen molar-refractivity contribution in [3.8, 4) is 23.1 Å². The molecule has 176 valence electrons. The van der Waals surface area contributed by atoms with Crippen LogP contribution in [0.25, 0.3) is 17.1 Å². The second-order valence-corrected chi connectivity index (χ2v) is 10.4. The molecular formula is C22H22ClN7O3S. The Hall–Kier alpha value is -3.33. The van der Waals surface area contributed by atoms with Gasteiger partial charge < -0.3 is 9.88 Å². The molecule has 34 heavy (non-hydrogen) atoms. The Kier molecular flexibility index (Phi) is 6.65. The molecule has 2 aromatic heterocycles. The fourth-order valence-corrected chi connectivity index (χ4v) is 5.02. The molecule has 3 heterocycles. The first kappa shape index (κ1) is 23.8. The van der Waals surface area contributed by atoms with Crippen LogP contribution < -0.4 is 5.32 Å². The summed E-state index contributed by atoms with van der Waals surface area (Å²) in [5.74, 6) is 0.966. The van der Waals surface area contributed by atoms with E-state index in [1.165, 1.54) is 16.8 Å². The van der Waals surface area contributed by atoms with Crippen molar-refractivity contribution in [2.75, 3.05) is 24.7 Å². The first-order chi connectivity index (χ1) is 16.2. The highest BCUT2D eigenvalue weighted by Crippen LogP contribution is 2.28. The minimum Gasteiger partial charge on any atom is -0.351 e. The number of nitriles is 1. The number of nitrogens with zero attached hydrogens (tertiary/aromatic N) is 6. The summed E-state index contributed by atoms with van der Waals surface area (Å²) in [5, 5.41) is 13.2. The van der Waals surface area contributed by atoms with Crippen LogP contribution in [0.15, 0.2) is 30.6 Å². The highest BCUT2D eigenvalue weighted by atomic mass is 35.5. The Morgan fingerprint density at radius 2 is 2.00 bits per heavy atom. The Morgan fingerprint density at radius 3 is 2.62 bits per heavy atom. The molecule has 1 aliphatic rings. The Bertz CT molecular complexity index is 1390. The average molecular weight is 500 g/mol. The van der Waals surface area contributed by atoms with Crippen LogP contribution in [-0.4, -0.2) is 63.9 Å². The van der Waals surface area contributed by atoms with Crippen LogP contribution in [0.1, 0.15) is 34.6 Å². The lowest BCUT2D eigenvalue weighted by Gasteiger charge is -2.30. The number of aldehydes is 1. The summed E-state index contributed by atoms with van der Waals surface area (Å²) in [4.78, 5) is 24.4. The maximum Gasteiger partial charge on any atom is 0.223 e. The van der Waals surface area contributed by atoms with E-state index < -0.39 is 10.0 Å². The molecule has 0 radical (unpaired) electrons. The lowest BCUT2D eigenvalue weighted by molar-refractivity contribution is 0.112. The second-order valence-electron chi connectivity index (χ2n) is 8.02. The van der Waals surface area contributed by atoms with Gasteiger partial charge in [-0.1, -0.05) is 11.6 Å². The van der Waals surface area contributed by atoms with E-state index in [2.05, 4.69) is 26.3 Å². The number of anilines is 1. The summed E-state index contributed by atoms with van der Waals surface area (Å²) < 4.78 is 26.7. The van der Waals surface area contributed by atoms with E-state index in [-0.39, 0.29) is 11.6 Å². The molecule has 0 aliphatic carbocycles. The van der Waals surface area contributed by atoms with Crippen molar-refractivity contribution in [1.82, 2.24) is 23.8 Å². The number of hydrogen-bond donors (Lipinski definition) is 1. The van der Waals surface area contributed by atoms with Crippen LogP contribution in [0.4, 0.5) is 5.95 Å². The van der Waals surface area contributed by atoms with Gasteiger partial charge in [-0.2, -0.15) is 5.26 Å². The summed E-state index contributed by atoms with van der Waals surface area (Å²) in [6, 6.07) is 7.07. The normalized spacial score (nSPS) is 15.1. The van der Waals surface area contributed by atoms with Gasteiger partial charge in [0, 0.05) is 30.9 Å². The van der Waals surface area contributed by atoms with E-state index in [4.69, 9.17) is 11.6 Å². The quantitative estimate of drug-likeness (QED) is 0.511. The SMILES string of the molecule is Cc1nc(-c2nc(NC3CCN(S(C)(=O)=O)CC3)ncc2C#N)cn1-c1ccc(C=O)cc1Cl. The smallest absolute Gasteiger partial charge is 0.223 e. The number of carbonyl (C=O) groups excluding carboxylic acids is 1. The number of imidazole rings is 1. The third kappa shape index (κ3) is 4.94. The summed E-state index contributed by atoms with van der Waals surface area (Å²) in [5.41, 5.74) is 2.22. The predicted octanol–water partition coefficient (Wildman–Crippen LogP) is 2.81. The van der Waals surface area contributed by atoms with Gasteiger partial charge in [-0.05, 0) is 38.0 Å². The van der Waals surface area contributed by atoms with Crippen molar-refractivity contribution in [1.29, 1.82) is 5.26 Å². The van der Waals surface area contributed by atoms with Crippen molar-refractivity contribution >= 4 is 33.9 Å². The number of aryl methyl sites for hydroxylation is 1. The van der Waals surface area contributed by atoms with E-state index in [1.807, 2.05) is 0 Å². The zero-order chi connectivity index (χ0) is 24.5. The third-order valence-electron chi connectivity index (χ3n) is 5.66. The molecule has 1 saturated heterocycles. The van der Waals surface area contributed by atoms with Crippen LogP contribution in [-0.2, 0) is 10.0 Å². The molecule has 10 nitrogen and oxygen atoms in total. The summed E-state index contributed by atoms with van der Waals surface area (Å²) in [6.45, 7) is 2.65. The van der Waals surface area contributed by atoms with Crippen LogP contribution in [0.5, 0.6) is 0 Å². The maximum absolute atomic E-state index is 11.7. The number of rotatable bonds is 6. The van der Waals surface area contributed by atoms with Crippen LogP contribution in [0, 0.1) is 18.3 Å². The van der Waals surface area contributed by atoms with Gasteiger partial charge in [-0.25, -0.2) is 27.7 Å². The lowest BCUT2D eigenvalue weighted by Crippen LogP contribution is -2.42. The molecule has 0 unspecified atom stereocenters. The number of nitrogens with one attached hydrogen (secondary N) is 1. The highest BCUT2D eigenvalue weighted by molar-refractivity contribution is 7.88. The number of carbonyl (C=O) groups is 1. The fraction of sp³-hybridized carbons (Fsp3) is 0.318. The van der Waals surface area contributed by atoms with E-state index in [9.17, 15) is 18.5 Å². The van der Waals surface area contributed by atoms with Gasteiger partial charge in [0.05, 0.1) is 28.7 Å². The largest absolute Gasteiger partial charge is 0.351 e. The van der Waals surface area contributed by atoms with Gasteiger partial charge in [-0.3, -0.25) is 4.79 Å². The van der Waals surface area contributed by atoms with Crippen molar-refractivity contribution in [2.24, 2.45) is 0 Å². The summed E-state index contributed by atoms with van der Waals surface area (Å²) in [7, 11) is -3.20. The maximum atomic E-state index is 11.7. The first-order valence-electron chi connectivity index (χ1n) is 10.5. The molecule has 1 N–H and O–H groups in total. The van der Waals surface area contributed by atoms with Crippen molar-refractivity contribution in [2.45, 2.75) is 25.8 Å². The van der Waals surface area contributed by atoms with Crippen molar-refractivity contribution in [3.05, 3.63) is 52.6 Å². The van der Waals surface area contributed by atoms with Crippen LogP contribution in [0.2, 0.25) is 5.02 Å². The molecule has 0 bridgehead atoms. The molecule has 0 spiro atoms. The van der Waals surface area contributed by atoms with Gasteiger partial charge in [0.2, 0.25) is 16.0 Å². The molecular weight excluding hydrogens is 478 g/mol. The zero-order valence-corrected chi connectivity index (χ0v) is 20.1.